The van der Waals surface area contributed by atoms with Crippen LogP contribution in [0.3, 0.4) is 0 Å². The first-order valence-electron chi connectivity index (χ1n) is 5.81. The van der Waals surface area contributed by atoms with Crippen molar-refractivity contribution < 1.29 is 4.79 Å². The zero-order valence-corrected chi connectivity index (χ0v) is 8.59. The van der Waals surface area contributed by atoms with Gasteiger partial charge >= 0.3 is 0 Å². The van der Waals surface area contributed by atoms with Crippen LogP contribution < -0.4 is 0 Å². The molecule has 2 fully saturated rings. The first-order chi connectivity index (χ1) is 6.29. The quantitative estimate of drug-likeness (QED) is 0.649. The highest BCUT2D eigenvalue weighted by molar-refractivity contribution is 5.77. The van der Waals surface area contributed by atoms with Crippen molar-refractivity contribution in [3.05, 3.63) is 0 Å². The number of Topliss-reactive ketones (excluding diaryl/α,β-unsaturated/α-hetero) is 1. The number of fused-ring (bicyclic) bond motifs is 2. The number of carbonyl (C=O) groups is 1. The van der Waals surface area contributed by atoms with Crippen molar-refractivity contribution in [2.75, 3.05) is 0 Å². The molecule has 1 heteroatoms. The molecule has 0 aromatic heterocycles. The molecular weight excluding hydrogens is 160 g/mol. The van der Waals surface area contributed by atoms with Crippen LogP contribution in [0.1, 0.15) is 51.9 Å². The monoisotopic (exact) mass is 180 g/mol. The molecule has 0 N–H and O–H groups in total. The molecule has 0 aromatic carbocycles. The van der Waals surface area contributed by atoms with Crippen molar-refractivity contribution in [3.8, 4) is 0 Å². The average Bonchev–Trinajstić information content (AvgIpc) is 2.74. The van der Waals surface area contributed by atoms with Gasteiger partial charge in [-0.15, -0.1) is 0 Å². The fourth-order valence-corrected chi connectivity index (χ4v) is 3.25. The number of carbonyl (C=O) groups excluding carboxylic acids is 1. The summed E-state index contributed by atoms with van der Waals surface area (Å²) < 4.78 is 0. The lowest BCUT2D eigenvalue weighted by molar-refractivity contribution is -0.119. The van der Waals surface area contributed by atoms with E-state index >= 15 is 0 Å². The third kappa shape index (κ3) is 1.95. The van der Waals surface area contributed by atoms with E-state index in [0.717, 1.165) is 30.6 Å². The largest absolute Gasteiger partial charge is 0.300 e. The third-order valence-corrected chi connectivity index (χ3v) is 4.07. The minimum Gasteiger partial charge on any atom is -0.300 e. The highest BCUT2D eigenvalue weighted by Gasteiger charge is 2.38. The van der Waals surface area contributed by atoms with E-state index in [1.54, 1.807) is 0 Å². The van der Waals surface area contributed by atoms with Gasteiger partial charge in [-0.25, -0.2) is 0 Å². The maximum absolute atomic E-state index is 11.2. The van der Waals surface area contributed by atoms with Crippen molar-refractivity contribution in [2.45, 2.75) is 51.9 Å². The Balaban J connectivity index is 1.74. The Labute approximate surface area is 80.9 Å². The zero-order chi connectivity index (χ0) is 9.26. The van der Waals surface area contributed by atoms with E-state index < -0.39 is 0 Å². The van der Waals surface area contributed by atoms with E-state index in [0.29, 0.717) is 5.78 Å². The van der Waals surface area contributed by atoms with Crippen LogP contribution >= 0.6 is 0 Å². The third-order valence-electron chi connectivity index (χ3n) is 4.07. The number of hydrogen-bond acceptors (Lipinski definition) is 1. The van der Waals surface area contributed by atoms with Gasteiger partial charge in [0.25, 0.3) is 0 Å². The maximum Gasteiger partial charge on any atom is 0.132 e. The molecule has 74 valence electrons. The van der Waals surface area contributed by atoms with Crippen LogP contribution in [0, 0.1) is 17.8 Å². The normalized spacial score (nSPS) is 36.8. The van der Waals surface area contributed by atoms with Gasteiger partial charge in [-0.05, 0) is 43.4 Å². The molecule has 2 aliphatic rings. The molecule has 13 heavy (non-hydrogen) atoms. The van der Waals surface area contributed by atoms with Gasteiger partial charge in [0.2, 0.25) is 0 Å². The highest BCUT2D eigenvalue weighted by atomic mass is 16.1. The van der Waals surface area contributed by atoms with E-state index in [-0.39, 0.29) is 0 Å². The van der Waals surface area contributed by atoms with E-state index in [4.69, 9.17) is 0 Å². The van der Waals surface area contributed by atoms with Gasteiger partial charge in [-0.2, -0.15) is 0 Å². The van der Waals surface area contributed by atoms with Gasteiger partial charge in [-0.3, -0.25) is 4.79 Å². The van der Waals surface area contributed by atoms with Crippen LogP contribution in [-0.2, 0) is 4.79 Å². The zero-order valence-electron chi connectivity index (χ0n) is 8.59. The van der Waals surface area contributed by atoms with Crippen molar-refractivity contribution in [2.24, 2.45) is 17.8 Å². The molecule has 0 amide bonds. The lowest BCUT2D eigenvalue weighted by atomic mass is 9.85. The smallest absolute Gasteiger partial charge is 0.132 e. The summed E-state index contributed by atoms with van der Waals surface area (Å²) in [7, 11) is 0. The van der Waals surface area contributed by atoms with Gasteiger partial charge in [0.15, 0.2) is 0 Å². The van der Waals surface area contributed by atoms with Crippen LogP contribution in [0.25, 0.3) is 0 Å². The molecule has 2 bridgehead atoms. The summed E-state index contributed by atoms with van der Waals surface area (Å²) in [5.74, 6) is 3.40. The molecule has 0 saturated heterocycles. The first kappa shape index (κ1) is 9.23. The molecule has 1 nitrogen and oxygen atoms in total. The lowest BCUT2D eigenvalue weighted by Crippen LogP contribution is -2.11. The Morgan fingerprint density at radius 3 is 2.69 bits per heavy atom. The van der Waals surface area contributed by atoms with E-state index in [1.807, 2.05) is 6.92 Å². The van der Waals surface area contributed by atoms with Crippen molar-refractivity contribution in [1.29, 1.82) is 0 Å². The summed E-state index contributed by atoms with van der Waals surface area (Å²) in [6.07, 6.45) is 8.62. The summed E-state index contributed by atoms with van der Waals surface area (Å²) in [6.45, 7) is 1.98. The molecule has 0 radical (unpaired) electrons. The van der Waals surface area contributed by atoms with Crippen molar-refractivity contribution in [1.82, 2.24) is 0 Å². The number of hydrogen-bond donors (Lipinski definition) is 0. The molecular formula is C12H20O. The summed E-state index contributed by atoms with van der Waals surface area (Å²) >= 11 is 0. The Hall–Kier alpha value is -0.330. The SMILES string of the molecule is CCC(=O)CCC1CC2CCC1C2. The first-order valence-corrected chi connectivity index (χ1v) is 5.81. The lowest BCUT2D eigenvalue weighted by Gasteiger charge is -2.20. The second-order valence-corrected chi connectivity index (χ2v) is 4.87. The summed E-state index contributed by atoms with van der Waals surface area (Å²) in [5, 5.41) is 0. The van der Waals surface area contributed by atoms with Crippen LogP contribution in [0.15, 0.2) is 0 Å². The molecule has 0 aromatic rings. The van der Waals surface area contributed by atoms with Crippen LogP contribution in [0.4, 0.5) is 0 Å². The summed E-state index contributed by atoms with van der Waals surface area (Å²) in [4.78, 5) is 11.2. The van der Waals surface area contributed by atoms with Crippen molar-refractivity contribution >= 4 is 5.78 Å². The number of ketones is 1. The predicted octanol–water partition coefficient (Wildman–Crippen LogP) is 3.18. The van der Waals surface area contributed by atoms with E-state index in [1.165, 1.54) is 32.1 Å². The van der Waals surface area contributed by atoms with Gasteiger partial charge < -0.3 is 0 Å². The second kappa shape index (κ2) is 3.81. The molecule has 3 unspecified atom stereocenters. The maximum atomic E-state index is 11.2. The minimum atomic E-state index is 0.461. The molecule has 0 aliphatic heterocycles. The Bertz CT molecular complexity index is 197. The molecule has 0 heterocycles. The second-order valence-electron chi connectivity index (χ2n) is 4.87. The van der Waals surface area contributed by atoms with Gasteiger partial charge in [-0.1, -0.05) is 13.3 Å². The van der Waals surface area contributed by atoms with Gasteiger partial charge in [0, 0.05) is 12.8 Å². The topological polar surface area (TPSA) is 17.1 Å². The molecule has 3 atom stereocenters. The molecule has 0 spiro atoms. The Kier molecular flexibility index (Phi) is 2.71. The van der Waals surface area contributed by atoms with E-state index in [2.05, 4.69) is 0 Å². The fourth-order valence-electron chi connectivity index (χ4n) is 3.25. The molecule has 2 aliphatic carbocycles. The Morgan fingerprint density at radius 2 is 2.15 bits per heavy atom. The van der Waals surface area contributed by atoms with Gasteiger partial charge in [0.1, 0.15) is 5.78 Å². The van der Waals surface area contributed by atoms with Crippen LogP contribution in [0.2, 0.25) is 0 Å². The van der Waals surface area contributed by atoms with Crippen molar-refractivity contribution in [3.63, 3.8) is 0 Å². The van der Waals surface area contributed by atoms with Gasteiger partial charge in [0.05, 0.1) is 0 Å². The molecule has 2 rings (SSSR count). The van der Waals surface area contributed by atoms with Crippen LogP contribution in [-0.4, -0.2) is 5.78 Å². The fraction of sp³-hybridized carbons (Fsp3) is 0.917. The number of rotatable bonds is 4. The molecule has 2 saturated carbocycles. The minimum absolute atomic E-state index is 0.461. The van der Waals surface area contributed by atoms with E-state index in [9.17, 15) is 4.79 Å². The summed E-state index contributed by atoms with van der Waals surface area (Å²) in [6, 6.07) is 0. The standard InChI is InChI=1S/C12H20O/c1-2-12(13)6-5-11-8-9-3-4-10(11)7-9/h9-11H,2-8H2,1H3. The highest BCUT2D eigenvalue weighted by Crippen LogP contribution is 2.49. The summed E-state index contributed by atoms with van der Waals surface area (Å²) in [5.41, 5.74) is 0. The Morgan fingerprint density at radius 1 is 1.31 bits per heavy atom. The van der Waals surface area contributed by atoms with Crippen LogP contribution in [0.5, 0.6) is 0 Å². The average molecular weight is 180 g/mol. The predicted molar refractivity (Wildman–Crippen MR) is 53.5 cm³/mol.